The second-order valence-corrected chi connectivity index (χ2v) is 7.08. The molecule has 0 aliphatic carbocycles. The van der Waals surface area contributed by atoms with E-state index in [1.54, 1.807) is 13.2 Å². The molecule has 2 atom stereocenters. The lowest BCUT2D eigenvalue weighted by Crippen LogP contribution is -2.39. The van der Waals surface area contributed by atoms with Gasteiger partial charge in [0.1, 0.15) is 5.82 Å². The highest BCUT2D eigenvalue weighted by Crippen LogP contribution is 2.25. The van der Waals surface area contributed by atoms with Gasteiger partial charge in [-0.15, -0.1) is 0 Å². The molecule has 0 spiro atoms. The van der Waals surface area contributed by atoms with Gasteiger partial charge in [0.15, 0.2) is 0 Å². The van der Waals surface area contributed by atoms with Crippen LogP contribution in [0.15, 0.2) is 24.3 Å². The number of sulfonamides is 1. The molecule has 0 amide bonds. The van der Waals surface area contributed by atoms with Crippen LogP contribution in [0.2, 0.25) is 0 Å². The van der Waals surface area contributed by atoms with Gasteiger partial charge >= 0.3 is 0 Å². The fourth-order valence-corrected chi connectivity index (χ4v) is 4.38. The van der Waals surface area contributed by atoms with Crippen molar-refractivity contribution in [3.05, 3.63) is 35.6 Å². The van der Waals surface area contributed by atoms with Crippen LogP contribution in [0, 0.1) is 5.82 Å². The van der Waals surface area contributed by atoms with Crippen molar-refractivity contribution in [3.63, 3.8) is 0 Å². The van der Waals surface area contributed by atoms with E-state index < -0.39 is 15.8 Å². The van der Waals surface area contributed by atoms with Crippen molar-refractivity contribution in [3.8, 4) is 0 Å². The Labute approximate surface area is 124 Å². The molecule has 2 rings (SSSR count). The summed E-state index contributed by atoms with van der Waals surface area (Å²) in [5.41, 5.74) is 0.437. The lowest BCUT2D eigenvalue weighted by Gasteiger charge is -2.23. The Kier molecular flexibility index (Phi) is 5.32. The predicted octanol–water partition coefficient (Wildman–Crippen LogP) is 1.39. The van der Waals surface area contributed by atoms with E-state index in [-0.39, 0.29) is 17.9 Å². The lowest BCUT2D eigenvalue weighted by molar-refractivity contribution is 0.110. The summed E-state index contributed by atoms with van der Waals surface area (Å²) in [7, 11) is -0.432. The third kappa shape index (κ3) is 4.00. The van der Waals surface area contributed by atoms with Gasteiger partial charge in [0.05, 0.1) is 24.5 Å². The van der Waals surface area contributed by atoms with E-state index in [0.29, 0.717) is 25.1 Å². The van der Waals surface area contributed by atoms with Crippen LogP contribution in [0.1, 0.15) is 12.0 Å². The first-order chi connectivity index (χ1) is 9.96. The lowest BCUT2D eigenvalue weighted by atomic mass is 10.2. The summed E-state index contributed by atoms with van der Waals surface area (Å²) in [6, 6.07) is 5.41. The fourth-order valence-electron chi connectivity index (χ4n) is 2.62. The predicted molar refractivity (Wildman–Crippen MR) is 76.8 cm³/mol. The van der Waals surface area contributed by atoms with Crippen LogP contribution < -0.4 is 0 Å². The zero-order chi connectivity index (χ0) is 15.5. The Morgan fingerprint density at radius 1 is 1.38 bits per heavy atom. The zero-order valence-corrected chi connectivity index (χ0v) is 13.0. The molecule has 0 bridgehead atoms. The van der Waals surface area contributed by atoms with Gasteiger partial charge < -0.3 is 9.47 Å². The van der Waals surface area contributed by atoms with E-state index in [4.69, 9.17) is 9.47 Å². The average Bonchev–Trinajstić information content (AvgIpc) is 2.83. The molecule has 7 heteroatoms. The average molecular weight is 317 g/mol. The summed E-state index contributed by atoms with van der Waals surface area (Å²) in [4.78, 5) is 0. The van der Waals surface area contributed by atoms with Crippen LogP contribution >= 0.6 is 0 Å². The molecule has 0 radical (unpaired) electrons. The Bertz CT molecular complexity index is 578. The van der Waals surface area contributed by atoms with Gasteiger partial charge in [0, 0.05) is 20.8 Å². The maximum absolute atomic E-state index is 13.2. The molecular weight excluding hydrogens is 297 g/mol. The summed E-state index contributed by atoms with van der Waals surface area (Å²) < 4.78 is 50.1. The number of ether oxygens (including phenoxy) is 2. The highest BCUT2D eigenvalue weighted by Gasteiger charge is 2.39. The third-order valence-corrected chi connectivity index (χ3v) is 5.47. The third-order valence-electron chi connectivity index (χ3n) is 3.61. The van der Waals surface area contributed by atoms with Crippen molar-refractivity contribution in [1.82, 2.24) is 4.31 Å². The van der Waals surface area contributed by atoms with Crippen molar-refractivity contribution in [2.45, 2.75) is 24.3 Å². The van der Waals surface area contributed by atoms with Crippen LogP contribution in [0.5, 0.6) is 0 Å². The smallest absolute Gasteiger partial charge is 0.218 e. The molecule has 21 heavy (non-hydrogen) atoms. The highest BCUT2D eigenvalue weighted by molar-refractivity contribution is 7.88. The van der Waals surface area contributed by atoms with Crippen molar-refractivity contribution in [2.24, 2.45) is 0 Å². The SMILES string of the molecule is COC[C@@H]1C[C@H](OC)CN1S(=O)(=O)Cc1cccc(F)c1. The van der Waals surface area contributed by atoms with E-state index in [1.807, 2.05) is 0 Å². The largest absolute Gasteiger partial charge is 0.383 e. The zero-order valence-electron chi connectivity index (χ0n) is 12.2. The number of rotatable bonds is 6. The molecule has 5 nitrogen and oxygen atoms in total. The molecule has 0 unspecified atom stereocenters. The molecule has 1 aliphatic rings. The second kappa shape index (κ2) is 6.83. The number of hydrogen-bond donors (Lipinski definition) is 0. The Morgan fingerprint density at radius 3 is 2.76 bits per heavy atom. The highest BCUT2D eigenvalue weighted by atomic mass is 32.2. The molecule has 1 aromatic carbocycles. The second-order valence-electron chi connectivity index (χ2n) is 5.16. The van der Waals surface area contributed by atoms with Crippen LogP contribution in [-0.4, -0.2) is 52.2 Å². The summed E-state index contributed by atoms with van der Waals surface area (Å²) in [6.45, 7) is 0.629. The molecule has 1 aromatic rings. The molecule has 118 valence electrons. The first-order valence-corrected chi connectivity index (χ1v) is 8.33. The van der Waals surface area contributed by atoms with Crippen molar-refractivity contribution < 1.29 is 22.3 Å². The van der Waals surface area contributed by atoms with Crippen LogP contribution in [0.25, 0.3) is 0 Å². The normalized spacial score (nSPS) is 23.6. The number of benzene rings is 1. The Balaban J connectivity index is 2.17. The number of halogens is 1. The summed E-state index contributed by atoms with van der Waals surface area (Å²) in [6.07, 6.45) is 0.472. The first kappa shape index (κ1) is 16.4. The monoisotopic (exact) mass is 317 g/mol. The van der Waals surface area contributed by atoms with Crippen molar-refractivity contribution >= 4 is 10.0 Å². The fraction of sp³-hybridized carbons (Fsp3) is 0.571. The van der Waals surface area contributed by atoms with Crippen LogP contribution in [-0.2, 0) is 25.2 Å². The standard InChI is InChI=1S/C14H20FNO4S/c1-19-9-13-7-14(20-2)8-16(13)21(17,18)10-11-4-3-5-12(15)6-11/h3-6,13-14H,7-10H2,1-2H3/t13-,14-/m0/s1. The van der Waals surface area contributed by atoms with Crippen LogP contribution in [0.3, 0.4) is 0 Å². The topological polar surface area (TPSA) is 55.8 Å². The summed E-state index contributed by atoms with van der Waals surface area (Å²) in [5.74, 6) is -0.658. The molecule has 0 saturated carbocycles. The van der Waals surface area contributed by atoms with Crippen molar-refractivity contribution in [2.75, 3.05) is 27.4 Å². The maximum atomic E-state index is 13.2. The van der Waals surface area contributed by atoms with Gasteiger partial charge in [0.25, 0.3) is 0 Å². The van der Waals surface area contributed by atoms with E-state index in [1.165, 1.54) is 29.6 Å². The van der Waals surface area contributed by atoms with E-state index in [2.05, 4.69) is 0 Å². The van der Waals surface area contributed by atoms with E-state index >= 15 is 0 Å². The minimum atomic E-state index is -3.54. The Hall–Kier alpha value is -1.02. The molecule has 1 heterocycles. The molecule has 1 fully saturated rings. The molecule has 1 saturated heterocycles. The van der Waals surface area contributed by atoms with Gasteiger partial charge in [-0.05, 0) is 24.1 Å². The molecule has 0 aromatic heterocycles. The van der Waals surface area contributed by atoms with Gasteiger partial charge in [0.2, 0.25) is 10.0 Å². The molecule has 1 aliphatic heterocycles. The minimum absolute atomic E-state index is 0.132. The summed E-state index contributed by atoms with van der Waals surface area (Å²) >= 11 is 0. The van der Waals surface area contributed by atoms with Gasteiger partial charge in [-0.2, -0.15) is 4.31 Å². The Morgan fingerprint density at radius 2 is 2.14 bits per heavy atom. The number of methoxy groups -OCH3 is 2. The van der Waals surface area contributed by atoms with Crippen LogP contribution in [0.4, 0.5) is 4.39 Å². The van der Waals surface area contributed by atoms with E-state index in [9.17, 15) is 12.8 Å². The number of nitrogens with zero attached hydrogens (tertiary/aromatic N) is 1. The van der Waals surface area contributed by atoms with E-state index in [0.717, 1.165) is 0 Å². The van der Waals surface area contributed by atoms with Gasteiger partial charge in [-0.3, -0.25) is 0 Å². The number of hydrogen-bond acceptors (Lipinski definition) is 4. The maximum Gasteiger partial charge on any atom is 0.218 e. The molecule has 0 N–H and O–H groups in total. The van der Waals surface area contributed by atoms with Gasteiger partial charge in [-0.25, -0.2) is 12.8 Å². The summed E-state index contributed by atoms with van der Waals surface area (Å²) in [5, 5.41) is 0. The van der Waals surface area contributed by atoms with Gasteiger partial charge in [-0.1, -0.05) is 12.1 Å². The first-order valence-electron chi connectivity index (χ1n) is 6.72. The van der Waals surface area contributed by atoms with Crippen molar-refractivity contribution in [1.29, 1.82) is 0 Å². The quantitative estimate of drug-likeness (QED) is 0.796. The minimum Gasteiger partial charge on any atom is -0.383 e. The molecular formula is C14H20FNO4S.